The van der Waals surface area contributed by atoms with E-state index in [2.05, 4.69) is 9.47 Å². The summed E-state index contributed by atoms with van der Waals surface area (Å²) in [6.45, 7) is 1.46. The van der Waals surface area contributed by atoms with E-state index < -0.39 is 23.6 Å². The molecule has 0 N–H and O–H groups in total. The van der Waals surface area contributed by atoms with Crippen molar-refractivity contribution in [3.8, 4) is 11.8 Å². The number of esters is 1. The van der Waals surface area contributed by atoms with Gasteiger partial charge in [-0.1, -0.05) is 11.6 Å². The molecule has 0 saturated carbocycles. The van der Waals surface area contributed by atoms with Gasteiger partial charge < -0.3 is 9.47 Å². The summed E-state index contributed by atoms with van der Waals surface area (Å²) < 4.78 is 44.9. The minimum atomic E-state index is -4.99. The highest BCUT2D eigenvalue weighted by Gasteiger charge is 2.33. The molecule has 0 amide bonds. The van der Waals surface area contributed by atoms with E-state index in [1.54, 1.807) is 6.07 Å². The summed E-state index contributed by atoms with van der Waals surface area (Å²) in [4.78, 5) is 11.5. The molecule has 0 atom stereocenters. The van der Waals surface area contributed by atoms with Crippen LogP contribution >= 0.6 is 11.6 Å². The number of alkyl halides is 3. The smallest absolute Gasteiger partial charge is 0.462 e. The zero-order valence-corrected chi connectivity index (χ0v) is 10.3. The highest BCUT2D eigenvalue weighted by molar-refractivity contribution is 6.32. The summed E-state index contributed by atoms with van der Waals surface area (Å²) in [5.41, 5.74) is -0.667. The SMILES string of the molecule is CCOC(=O)c1cc(C#N)c(Cl)cc1OC(F)(F)F. The maximum absolute atomic E-state index is 12.2. The average Bonchev–Trinajstić information content (AvgIpc) is 2.27. The van der Waals surface area contributed by atoms with Crippen LogP contribution in [0.15, 0.2) is 12.1 Å². The molecular weight excluding hydrogens is 287 g/mol. The summed E-state index contributed by atoms with van der Waals surface area (Å²) in [6, 6.07) is 3.29. The van der Waals surface area contributed by atoms with E-state index in [4.69, 9.17) is 16.9 Å². The number of nitriles is 1. The molecule has 8 heteroatoms. The summed E-state index contributed by atoms with van der Waals surface area (Å²) in [7, 11) is 0. The fourth-order valence-corrected chi connectivity index (χ4v) is 1.41. The van der Waals surface area contributed by atoms with Gasteiger partial charge in [0.1, 0.15) is 17.4 Å². The number of hydrogen-bond donors (Lipinski definition) is 0. The maximum Gasteiger partial charge on any atom is 0.573 e. The number of carbonyl (C=O) groups excluding carboxylic acids is 1. The Morgan fingerprint density at radius 1 is 1.47 bits per heavy atom. The van der Waals surface area contributed by atoms with Crippen LogP contribution in [0.4, 0.5) is 13.2 Å². The molecule has 0 heterocycles. The molecular formula is C11H7ClF3NO3. The van der Waals surface area contributed by atoms with Crippen LogP contribution in [0, 0.1) is 11.3 Å². The second-order valence-electron chi connectivity index (χ2n) is 3.21. The molecule has 0 aliphatic carbocycles. The Labute approximate surface area is 111 Å². The molecule has 0 aliphatic rings. The third-order valence-corrected chi connectivity index (χ3v) is 2.22. The summed E-state index contributed by atoms with van der Waals surface area (Å²) in [5, 5.41) is 8.47. The first-order chi connectivity index (χ1) is 8.78. The molecule has 1 aromatic carbocycles. The highest BCUT2D eigenvalue weighted by Crippen LogP contribution is 2.31. The zero-order valence-electron chi connectivity index (χ0n) is 9.55. The number of nitrogens with zero attached hydrogens (tertiary/aromatic N) is 1. The van der Waals surface area contributed by atoms with Gasteiger partial charge in [0, 0.05) is 6.07 Å². The lowest BCUT2D eigenvalue weighted by atomic mass is 10.1. The fourth-order valence-electron chi connectivity index (χ4n) is 1.22. The van der Waals surface area contributed by atoms with Crippen molar-refractivity contribution in [2.75, 3.05) is 6.61 Å². The van der Waals surface area contributed by atoms with Crippen molar-refractivity contribution >= 4 is 17.6 Å². The third-order valence-electron chi connectivity index (χ3n) is 1.91. The average molecular weight is 294 g/mol. The van der Waals surface area contributed by atoms with Crippen molar-refractivity contribution in [3.05, 3.63) is 28.3 Å². The predicted octanol–water partition coefficient (Wildman–Crippen LogP) is 3.29. The first kappa shape index (κ1) is 15.1. The molecule has 1 aromatic rings. The monoisotopic (exact) mass is 293 g/mol. The molecule has 0 aliphatic heterocycles. The first-order valence-corrected chi connectivity index (χ1v) is 5.32. The zero-order chi connectivity index (χ0) is 14.6. The van der Waals surface area contributed by atoms with Crippen molar-refractivity contribution in [1.29, 1.82) is 5.26 Å². The second-order valence-corrected chi connectivity index (χ2v) is 3.62. The molecule has 102 valence electrons. The molecule has 0 saturated heterocycles. The van der Waals surface area contributed by atoms with Gasteiger partial charge in [-0.2, -0.15) is 5.26 Å². The van der Waals surface area contributed by atoms with Crippen LogP contribution in [0.3, 0.4) is 0 Å². The van der Waals surface area contributed by atoms with E-state index >= 15 is 0 Å². The van der Waals surface area contributed by atoms with Gasteiger partial charge in [0.2, 0.25) is 0 Å². The minimum absolute atomic E-state index is 0.0329. The third kappa shape index (κ3) is 4.03. The molecule has 1 rings (SSSR count). The molecule has 0 unspecified atom stereocenters. The van der Waals surface area contributed by atoms with Crippen molar-refractivity contribution < 1.29 is 27.4 Å². The molecule has 19 heavy (non-hydrogen) atoms. The highest BCUT2D eigenvalue weighted by atomic mass is 35.5. The van der Waals surface area contributed by atoms with Crippen LogP contribution in [-0.2, 0) is 4.74 Å². The minimum Gasteiger partial charge on any atom is -0.462 e. The molecule has 0 spiro atoms. The topological polar surface area (TPSA) is 59.3 Å². The number of benzene rings is 1. The Morgan fingerprint density at radius 2 is 2.11 bits per heavy atom. The van der Waals surface area contributed by atoms with Crippen molar-refractivity contribution in [3.63, 3.8) is 0 Å². The number of ether oxygens (including phenoxy) is 2. The van der Waals surface area contributed by atoms with Crippen molar-refractivity contribution in [1.82, 2.24) is 0 Å². The van der Waals surface area contributed by atoms with Crippen LogP contribution < -0.4 is 4.74 Å². The van der Waals surface area contributed by atoms with E-state index in [1.807, 2.05) is 0 Å². The molecule has 0 bridgehead atoms. The summed E-state index contributed by atoms with van der Waals surface area (Å²) >= 11 is 5.59. The van der Waals surface area contributed by atoms with E-state index in [0.717, 1.165) is 12.1 Å². The summed E-state index contributed by atoms with van der Waals surface area (Å²) in [6.07, 6.45) is -4.99. The quantitative estimate of drug-likeness (QED) is 0.802. The first-order valence-electron chi connectivity index (χ1n) is 4.95. The van der Waals surface area contributed by atoms with Crippen LogP contribution in [0.25, 0.3) is 0 Å². The van der Waals surface area contributed by atoms with Gasteiger partial charge in [0.05, 0.1) is 17.2 Å². The van der Waals surface area contributed by atoms with Crippen LogP contribution in [0.2, 0.25) is 5.02 Å². The Bertz CT molecular complexity index is 537. The number of carbonyl (C=O) groups is 1. The van der Waals surface area contributed by atoms with Gasteiger partial charge in [-0.15, -0.1) is 13.2 Å². The Kier molecular flexibility index (Phi) is 4.62. The van der Waals surface area contributed by atoms with Gasteiger partial charge in [-0.3, -0.25) is 0 Å². The second kappa shape index (κ2) is 5.80. The lowest BCUT2D eigenvalue weighted by Crippen LogP contribution is -2.19. The number of rotatable bonds is 3. The van der Waals surface area contributed by atoms with E-state index in [0.29, 0.717) is 0 Å². The van der Waals surface area contributed by atoms with Crippen LogP contribution in [0.5, 0.6) is 5.75 Å². The molecule has 4 nitrogen and oxygen atoms in total. The number of hydrogen-bond acceptors (Lipinski definition) is 4. The van der Waals surface area contributed by atoms with Gasteiger partial charge in [0.15, 0.2) is 0 Å². The Hall–Kier alpha value is -1.94. The Balaban J connectivity index is 3.31. The molecule has 0 radical (unpaired) electrons. The maximum atomic E-state index is 12.2. The van der Waals surface area contributed by atoms with Crippen molar-refractivity contribution in [2.24, 2.45) is 0 Å². The lowest BCUT2D eigenvalue weighted by Gasteiger charge is -2.13. The lowest BCUT2D eigenvalue weighted by molar-refractivity contribution is -0.274. The van der Waals surface area contributed by atoms with E-state index in [1.165, 1.54) is 6.92 Å². The largest absolute Gasteiger partial charge is 0.573 e. The van der Waals surface area contributed by atoms with Gasteiger partial charge in [-0.25, -0.2) is 4.79 Å². The van der Waals surface area contributed by atoms with E-state index in [-0.39, 0.29) is 17.2 Å². The van der Waals surface area contributed by atoms with Gasteiger partial charge in [0.25, 0.3) is 0 Å². The van der Waals surface area contributed by atoms with E-state index in [9.17, 15) is 18.0 Å². The van der Waals surface area contributed by atoms with Gasteiger partial charge in [-0.05, 0) is 13.0 Å². The van der Waals surface area contributed by atoms with Crippen LogP contribution in [-0.4, -0.2) is 18.9 Å². The van der Waals surface area contributed by atoms with Crippen LogP contribution in [0.1, 0.15) is 22.8 Å². The van der Waals surface area contributed by atoms with Crippen molar-refractivity contribution in [2.45, 2.75) is 13.3 Å². The summed E-state index contributed by atoms with van der Waals surface area (Å²) in [5.74, 6) is -1.84. The normalized spacial score (nSPS) is 10.7. The van der Waals surface area contributed by atoms with Gasteiger partial charge >= 0.3 is 12.3 Å². The molecule has 0 fully saturated rings. The fraction of sp³-hybridized carbons (Fsp3) is 0.273. The standard InChI is InChI=1S/C11H7ClF3NO3/c1-2-18-10(17)7-3-6(5-16)8(12)4-9(7)19-11(13,14)15/h3-4H,2H2,1H3. The predicted molar refractivity (Wildman–Crippen MR) is 58.8 cm³/mol. The Morgan fingerprint density at radius 3 is 2.58 bits per heavy atom. The number of halogens is 4. The molecule has 0 aromatic heterocycles.